The smallest absolute Gasteiger partial charge is 0.131 e. The highest BCUT2D eigenvalue weighted by molar-refractivity contribution is 5.77. The summed E-state index contributed by atoms with van der Waals surface area (Å²) < 4.78 is 0. The van der Waals surface area contributed by atoms with Crippen molar-refractivity contribution in [3.63, 3.8) is 0 Å². The van der Waals surface area contributed by atoms with Crippen molar-refractivity contribution in [1.82, 2.24) is 9.97 Å². The molecule has 1 aromatic heterocycles. The van der Waals surface area contributed by atoms with E-state index in [0.717, 1.165) is 29.6 Å². The second-order valence-corrected chi connectivity index (χ2v) is 5.21. The number of hydrogen-bond acceptors (Lipinski definition) is 2. The van der Waals surface area contributed by atoms with Gasteiger partial charge in [-0.05, 0) is 24.5 Å². The van der Waals surface area contributed by atoms with Crippen molar-refractivity contribution in [2.45, 2.75) is 25.7 Å². The van der Waals surface area contributed by atoms with Crippen LogP contribution in [0.1, 0.15) is 30.7 Å². The number of hydrogen-bond donors (Lipinski definition) is 0. The van der Waals surface area contributed by atoms with Crippen molar-refractivity contribution in [2.24, 2.45) is 0 Å². The molecule has 0 radical (unpaired) electrons. The van der Waals surface area contributed by atoms with Crippen LogP contribution in [0.25, 0.3) is 10.9 Å². The van der Waals surface area contributed by atoms with Crippen LogP contribution in [0.4, 0.5) is 0 Å². The second kappa shape index (κ2) is 5.83. The molecule has 2 heteroatoms. The number of aryl methyl sites for hydroxylation is 1. The predicted octanol–water partition coefficient (Wildman–Crippen LogP) is 4.37. The molecule has 0 aliphatic rings. The lowest BCUT2D eigenvalue weighted by molar-refractivity contribution is 0.641. The number of nitrogens with zero attached hydrogens (tertiary/aromatic N) is 2. The van der Waals surface area contributed by atoms with Gasteiger partial charge in [0, 0.05) is 17.5 Å². The van der Waals surface area contributed by atoms with E-state index in [-0.39, 0.29) is 0 Å². The summed E-state index contributed by atoms with van der Waals surface area (Å²) in [7, 11) is 0. The van der Waals surface area contributed by atoms with Gasteiger partial charge in [-0.25, -0.2) is 9.97 Å². The SMILES string of the molecule is CC(CCc1ccccc1)c1ncc2ccccc2n1. The molecule has 0 saturated heterocycles. The number of aromatic nitrogens is 2. The minimum absolute atomic E-state index is 0.375. The van der Waals surface area contributed by atoms with Crippen LogP contribution in [-0.2, 0) is 6.42 Å². The Morgan fingerprint density at radius 3 is 2.55 bits per heavy atom. The molecule has 1 atom stereocenters. The van der Waals surface area contributed by atoms with Gasteiger partial charge in [0.25, 0.3) is 0 Å². The van der Waals surface area contributed by atoms with Gasteiger partial charge < -0.3 is 0 Å². The minimum atomic E-state index is 0.375. The molecule has 0 saturated carbocycles. The number of benzene rings is 2. The maximum absolute atomic E-state index is 4.68. The van der Waals surface area contributed by atoms with Gasteiger partial charge in [-0.15, -0.1) is 0 Å². The third-order valence-corrected chi connectivity index (χ3v) is 3.66. The highest BCUT2D eigenvalue weighted by atomic mass is 14.9. The second-order valence-electron chi connectivity index (χ2n) is 5.21. The van der Waals surface area contributed by atoms with Crippen LogP contribution in [0.3, 0.4) is 0 Å². The zero-order valence-corrected chi connectivity index (χ0v) is 11.7. The molecular weight excluding hydrogens is 244 g/mol. The molecule has 100 valence electrons. The standard InChI is InChI=1S/C18H18N2/c1-14(11-12-15-7-3-2-4-8-15)18-19-13-16-9-5-6-10-17(16)20-18/h2-10,13-14H,11-12H2,1H3. The van der Waals surface area contributed by atoms with Gasteiger partial charge in [0.15, 0.2) is 0 Å². The van der Waals surface area contributed by atoms with E-state index in [2.05, 4.69) is 47.2 Å². The van der Waals surface area contributed by atoms with E-state index in [1.165, 1.54) is 5.56 Å². The van der Waals surface area contributed by atoms with Crippen LogP contribution in [0, 0.1) is 0 Å². The Morgan fingerprint density at radius 2 is 1.70 bits per heavy atom. The third kappa shape index (κ3) is 2.85. The average molecular weight is 262 g/mol. The van der Waals surface area contributed by atoms with Crippen LogP contribution < -0.4 is 0 Å². The van der Waals surface area contributed by atoms with Crippen molar-refractivity contribution in [1.29, 1.82) is 0 Å². The molecule has 0 aliphatic carbocycles. The Hall–Kier alpha value is -2.22. The fourth-order valence-electron chi connectivity index (χ4n) is 2.38. The summed E-state index contributed by atoms with van der Waals surface area (Å²) in [5, 5.41) is 1.10. The van der Waals surface area contributed by atoms with Crippen LogP contribution in [0.15, 0.2) is 60.8 Å². The molecule has 2 nitrogen and oxygen atoms in total. The Kier molecular flexibility index (Phi) is 3.73. The monoisotopic (exact) mass is 262 g/mol. The first kappa shape index (κ1) is 12.8. The van der Waals surface area contributed by atoms with E-state index in [1.807, 2.05) is 30.5 Å². The average Bonchev–Trinajstić information content (AvgIpc) is 2.53. The van der Waals surface area contributed by atoms with Crippen molar-refractivity contribution < 1.29 is 0 Å². The van der Waals surface area contributed by atoms with Crippen LogP contribution in [0.2, 0.25) is 0 Å². The zero-order valence-electron chi connectivity index (χ0n) is 11.7. The van der Waals surface area contributed by atoms with E-state index < -0.39 is 0 Å². The largest absolute Gasteiger partial charge is 0.240 e. The molecule has 2 aromatic carbocycles. The zero-order chi connectivity index (χ0) is 13.8. The first-order valence-electron chi connectivity index (χ1n) is 7.08. The summed E-state index contributed by atoms with van der Waals surface area (Å²) in [6, 6.07) is 18.7. The Balaban J connectivity index is 1.73. The lowest BCUT2D eigenvalue weighted by atomic mass is 10.0. The Labute approximate surface area is 119 Å². The fourth-order valence-corrected chi connectivity index (χ4v) is 2.38. The van der Waals surface area contributed by atoms with Gasteiger partial charge in [0.05, 0.1) is 5.52 Å². The van der Waals surface area contributed by atoms with Crippen molar-refractivity contribution in [3.8, 4) is 0 Å². The van der Waals surface area contributed by atoms with E-state index in [4.69, 9.17) is 0 Å². The van der Waals surface area contributed by atoms with E-state index in [9.17, 15) is 0 Å². The fraction of sp³-hybridized carbons (Fsp3) is 0.222. The number of para-hydroxylation sites is 1. The molecule has 0 aliphatic heterocycles. The van der Waals surface area contributed by atoms with E-state index in [1.54, 1.807) is 0 Å². The Morgan fingerprint density at radius 1 is 0.950 bits per heavy atom. The minimum Gasteiger partial charge on any atom is -0.240 e. The van der Waals surface area contributed by atoms with Crippen LogP contribution in [0.5, 0.6) is 0 Å². The number of rotatable bonds is 4. The molecule has 1 heterocycles. The summed E-state index contributed by atoms with van der Waals surface area (Å²) >= 11 is 0. The first-order valence-corrected chi connectivity index (χ1v) is 7.08. The quantitative estimate of drug-likeness (QED) is 0.698. The maximum atomic E-state index is 4.68. The molecule has 0 fully saturated rings. The van der Waals surface area contributed by atoms with Gasteiger partial charge >= 0.3 is 0 Å². The Bertz CT molecular complexity index is 692. The highest BCUT2D eigenvalue weighted by Crippen LogP contribution is 2.20. The predicted molar refractivity (Wildman–Crippen MR) is 82.7 cm³/mol. The van der Waals surface area contributed by atoms with Gasteiger partial charge in [-0.2, -0.15) is 0 Å². The summed E-state index contributed by atoms with van der Waals surface area (Å²) in [6.45, 7) is 2.20. The van der Waals surface area contributed by atoms with Crippen LogP contribution >= 0.6 is 0 Å². The summed E-state index contributed by atoms with van der Waals surface area (Å²) in [6.07, 6.45) is 4.07. The molecule has 0 amide bonds. The van der Waals surface area contributed by atoms with Crippen molar-refractivity contribution in [2.75, 3.05) is 0 Å². The molecule has 3 rings (SSSR count). The van der Waals surface area contributed by atoms with Crippen molar-refractivity contribution in [3.05, 3.63) is 72.2 Å². The van der Waals surface area contributed by atoms with Gasteiger partial charge in [-0.1, -0.05) is 55.5 Å². The lowest BCUT2D eigenvalue weighted by Crippen LogP contribution is -2.02. The molecule has 0 spiro atoms. The summed E-state index contributed by atoms with van der Waals surface area (Å²) in [4.78, 5) is 9.18. The summed E-state index contributed by atoms with van der Waals surface area (Å²) in [5.41, 5.74) is 2.41. The summed E-state index contributed by atoms with van der Waals surface area (Å²) in [5.74, 6) is 1.32. The maximum Gasteiger partial charge on any atom is 0.131 e. The topological polar surface area (TPSA) is 25.8 Å². The third-order valence-electron chi connectivity index (χ3n) is 3.66. The molecule has 3 aromatic rings. The molecule has 0 bridgehead atoms. The molecular formula is C18H18N2. The normalized spacial score (nSPS) is 12.4. The first-order chi connectivity index (χ1) is 9.83. The van der Waals surface area contributed by atoms with E-state index >= 15 is 0 Å². The van der Waals surface area contributed by atoms with Crippen molar-refractivity contribution >= 4 is 10.9 Å². The number of fused-ring (bicyclic) bond motifs is 1. The van der Waals surface area contributed by atoms with Gasteiger partial charge in [0.1, 0.15) is 5.82 Å². The molecule has 0 N–H and O–H groups in total. The molecule has 1 unspecified atom stereocenters. The van der Waals surface area contributed by atoms with Gasteiger partial charge in [0.2, 0.25) is 0 Å². The van der Waals surface area contributed by atoms with Crippen LogP contribution in [-0.4, -0.2) is 9.97 Å². The van der Waals surface area contributed by atoms with E-state index in [0.29, 0.717) is 5.92 Å². The molecule has 20 heavy (non-hydrogen) atoms. The highest BCUT2D eigenvalue weighted by Gasteiger charge is 2.09. The lowest BCUT2D eigenvalue weighted by Gasteiger charge is -2.10. The van der Waals surface area contributed by atoms with Gasteiger partial charge in [-0.3, -0.25) is 0 Å².